The van der Waals surface area contributed by atoms with Crippen molar-refractivity contribution in [1.29, 1.82) is 0 Å². The number of hydrogen-bond acceptors (Lipinski definition) is 2. The number of sulfonamides is 1. The Morgan fingerprint density at radius 2 is 1.53 bits per heavy atom. The zero-order valence-electron chi connectivity index (χ0n) is 17.1. The van der Waals surface area contributed by atoms with Crippen molar-refractivity contribution >= 4 is 20.9 Å². The monoisotopic (exact) mass is 418 g/mol. The van der Waals surface area contributed by atoms with E-state index in [1.807, 2.05) is 36.5 Å². The Labute approximate surface area is 178 Å². The molecule has 0 atom stereocenters. The zero-order valence-corrected chi connectivity index (χ0v) is 17.9. The standard InChI is InChI=1S/C25H26N2O2S/c1-2-19-9-11-20(12-10-19)21-13-15-23(16-14-21)30(28,29)27-17-5-6-22-18-26-25-8-4-3-7-24(22)25/h3-4,7-16,18,26-27H,2,5-6,17H2,1H3. The van der Waals surface area contributed by atoms with E-state index < -0.39 is 10.0 Å². The van der Waals surface area contributed by atoms with Gasteiger partial charge >= 0.3 is 0 Å². The maximum atomic E-state index is 12.6. The van der Waals surface area contributed by atoms with Gasteiger partial charge in [-0.2, -0.15) is 0 Å². The van der Waals surface area contributed by atoms with Crippen LogP contribution in [-0.2, 0) is 22.9 Å². The number of rotatable bonds is 8. The van der Waals surface area contributed by atoms with Crippen molar-refractivity contribution < 1.29 is 8.42 Å². The van der Waals surface area contributed by atoms with E-state index in [4.69, 9.17) is 0 Å². The highest BCUT2D eigenvalue weighted by atomic mass is 32.2. The Balaban J connectivity index is 1.36. The molecular weight excluding hydrogens is 392 g/mol. The van der Waals surface area contributed by atoms with Gasteiger partial charge in [0.05, 0.1) is 4.90 Å². The van der Waals surface area contributed by atoms with Gasteiger partial charge in [0.1, 0.15) is 0 Å². The minimum Gasteiger partial charge on any atom is -0.361 e. The van der Waals surface area contributed by atoms with Gasteiger partial charge in [0.15, 0.2) is 0 Å². The van der Waals surface area contributed by atoms with Crippen LogP contribution < -0.4 is 4.72 Å². The van der Waals surface area contributed by atoms with E-state index in [0.717, 1.165) is 35.9 Å². The third-order valence-electron chi connectivity index (χ3n) is 5.45. The second kappa shape index (κ2) is 8.86. The van der Waals surface area contributed by atoms with Gasteiger partial charge in [-0.05, 0) is 59.7 Å². The highest BCUT2D eigenvalue weighted by molar-refractivity contribution is 7.89. The number of nitrogens with one attached hydrogen (secondary N) is 2. The lowest BCUT2D eigenvalue weighted by Gasteiger charge is -2.08. The summed E-state index contributed by atoms with van der Waals surface area (Å²) >= 11 is 0. The topological polar surface area (TPSA) is 62.0 Å². The summed E-state index contributed by atoms with van der Waals surface area (Å²) in [6.07, 6.45) is 4.57. The highest BCUT2D eigenvalue weighted by Crippen LogP contribution is 2.22. The molecule has 30 heavy (non-hydrogen) atoms. The normalized spacial score (nSPS) is 11.8. The van der Waals surface area contributed by atoms with Crippen LogP contribution in [0.15, 0.2) is 83.9 Å². The Kier molecular flexibility index (Phi) is 6.02. The predicted octanol–water partition coefficient (Wildman–Crippen LogP) is 5.31. The van der Waals surface area contributed by atoms with Crippen molar-refractivity contribution in [3.05, 3.63) is 90.1 Å². The van der Waals surface area contributed by atoms with Crippen LogP contribution >= 0.6 is 0 Å². The molecule has 0 radical (unpaired) electrons. The van der Waals surface area contributed by atoms with Crippen LogP contribution in [0.4, 0.5) is 0 Å². The molecule has 0 unspecified atom stereocenters. The molecule has 0 saturated carbocycles. The van der Waals surface area contributed by atoms with E-state index in [2.05, 4.69) is 47.0 Å². The third kappa shape index (κ3) is 4.48. The van der Waals surface area contributed by atoms with Crippen molar-refractivity contribution in [3.8, 4) is 11.1 Å². The van der Waals surface area contributed by atoms with Crippen LogP contribution in [0.3, 0.4) is 0 Å². The lowest BCUT2D eigenvalue weighted by Crippen LogP contribution is -2.25. The van der Waals surface area contributed by atoms with Crippen molar-refractivity contribution in [2.45, 2.75) is 31.1 Å². The van der Waals surface area contributed by atoms with Gasteiger partial charge in [0.2, 0.25) is 10.0 Å². The van der Waals surface area contributed by atoms with E-state index in [1.54, 1.807) is 12.1 Å². The molecule has 5 heteroatoms. The summed E-state index contributed by atoms with van der Waals surface area (Å²) in [6.45, 7) is 2.53. The summed E-state index contributed by atoms with van der Waals surface area (Å²) in [5, 5.41) is 1.20. The molecule has 4 rings (SSSR count). The largest absolute Gasteiger partial charge is 0.361 e. The first kappa shape index (κ1) is 20.4. The van der Waals surface area contributed by atoms with Crippen molar-refractivity contribution in [2.24, 2.45) is 0 Å². The molecule has 2 N–H and O–H groups in total. The van der Waals surface area contributed by atoms with Crippen molar-refractivity contribution in [2.75, 3.05) is 6.54 Å². The summed E-state index contributed by atoms with van der Waals surface area (Å²) in [6, 6.07) is 23.6. The number of hydrogen-bond donors (Lipinski definition) is 2. The second-order valence-electron chi connectivity index (χ2n) is 7.44. The SMILES string of the molecule is CCc1ccc(-c2ccc(S(=O)(=O)NCCCc3c[nH]c4ccccc34)cc2)cc1. The van der Waals surface area contributed by atoms with Gasteiger partial charge in [-0.15, -0.1) is 0 Å². The molecule has 0 aliphatic carbocycles. The fraction of sp³-hybridized carbons (Fsp3) is 0.200. The van der Waals surface area contributed by atoms with Crippen LogP contribution in [0.1, 0.15) is 24.5 Å². The molecule has 0 amide bonds. The number of benzene rings is 3. The third-order valence-corrected chi connectivity index (χ3v) is 6.93. The average molecular weight is 419 g/mol. The van der Waals surface area contributed by atoms with Crippen LogP contribution in [0.5, 0.6) is 0 Å². The second-order valence-corrected chi connectivity index (χ2v) is 9.20. The summed E-state index contributed by atoms with van der Waals surface area (Å²) in [5.74, 6) is 0. The van der Waals surface area contributed by atoms with Gasteiger partial charge in [-0.1, -0.05) is 61.5 Å². The summed E-state index contributed by atoms with van der Waals surface area (Å²) in [4.78, 5) is 3.55. The van der Waals surface area contributed by atoms with E-state index in [0.29, 0.717) is 11.4 Å². The Bertz CT molecular complexity index is 1220. The molecule has 0 aliphatic rings. The molecule has 4 aromatic rings. The first-order valence-electron chi connectivity index (χ1n) is 10.3. The van der Waals surface area contributed by atoms with Gasteiger partial charge in [0.25, 0.3) is 0 Å². The number of para-hydroxylation sites is 1. The number of aromatic nitrogens is 1. The van der Waals surface area contributed by atoms with E-state index >= 15 is 0 Å². The zero-order chi connectivity index (χ0) is 21.0. The number of fused-ring (bicyclic) bond motifs is 1. The van der Waals surface area contributed by atoms with Crippen LogP contribution in [0.25, 0.3) is 22.0 Å². The van der Waals surface area contributed by atoms with E-state index in [-0.39, 0.29) is 0 Å². The molecule has 3 aromatic carbocycles. The minimum absolute atomic E-state index is 0.295. The van der Waals surface area contributed by atoms with Crippen LogP contribution in [-0.4, -0.2) is 19.9 Å². The predicted molar refractivity (Wildman–Crippen MR) is 123 cm³/mol. The summed E-state index contributed by atoms with van der Waals surface area (Å²) < 4.78 is 28.0. The van der Waals surface area contributed by atoms with Crippen molar-refractivity contribution in [3.63, 3.8) is 0 Å². The molecule has 0 aliphatic heterocycles. The van der Waals surface area contributed by atoms with Gasteiger partial charge in [-0.25, -0.2) is 13.1 Å². The molecule has 1 aromatic heterocycles. The van der Waals surface area contributed by atoms with E-state index in [1.165, 1.54) is 16.5 Å². The lowest BCUT2D eigenvalue weighted by molar-refractivity contribution is 0.579. The molecular formula is C25H26N2O2S. The maximum absolute atomic E-state index is 12.6. The smallest absolute Gasteiger partial charge is 0.240 e. The molecule has 0 saturated heterocycles. The quantitative estimate of drug-likeness (QED) is 0.381. The van der Waals surface area contributed by atoms with Gasteiger partial charge in [0, 0.05) is 23.6 Å². The Morgan fingerprint density at radius 3 is 2.23 bits per heavy atom. The van der Waals surface area contributed by atoms with E-state index in [9.17, 15) is 8.42 Å². The first-order valence-corrected chi connectivity index (χ1v) is 11.8. The molecule has 0 fully saturated rings. The highest BCUT2D eigenvalue weighted by Gasteiger charge is 2.13. The summed E-state index contributed by atoms with van der Waals surface area (Å²) in [7, 11) is -3.51. The number of aromatic amines is 1. The number of H-pyrrole nitrogens is 1. The molecule has 154 valence electrons. The molecule has 1 heterocycles. The van der Waals surface area contributed by atoms with Crippen LogP contribution in [0.2, 0.25) is 0 Å². The Hall–Kier alpha value is -2.89. The van der Waals surface area contributed by atoms with Crippen molar-refractivity contribution in [1.82, 2.24) is 9.71 Å². The Morgan fingerprint density at radius 1 is 0.867 bits per heavy atom. The number of aryl methyl sites for hydroxylation is 2. The van der Waals surface area contributed by atoms with Gasteiger partial charge < -0.3 is 4.98 Å². The first-order chi connectivity index (χ1) is 14.6. The van der Waals surface area contributed by atoms with Crippen LogP contribution in [0, 0.1) is 0 Å². The molecule has 4 nitrogen and oxygen atoms in total. The minimum atomic E-state index is -3.51. The maximum Gasteiger partial charge on any atom is 0.240 e. The van der Waals surface area contributed by atoms with Gasteiger partial charge in [-0.3, -0.25) is 0 Å². The fourth-order valence-electron chi connectivity index (χ4n) is 3.67. The molecule has 0 spiro atoms. The fourth-order valence-corrected chi connectivity index (χ4v) is 4.74. The molecule has 0 bridgehead atoms. The lowest BCUT2D eigenvalue weighted by atomic mass is 10.0. The average Bonchev–Trinajstić information content (AvgIpc) is 3.20. The summed E-state index contributed by atoms with van der Waals surface area (Å²) in [5.41, 5.74) is 5.70.